The van der Waals surface area contributed by atoms with E-state index in [-0.39, 0.29) is 13.2 Å². The van der Waals surface area contributed by atoms with Gasteiger partial charge in [-0.05, 0) is 37.0 Å². The van der Waals surface area contributed by atoms with Crippen LogP contribution in [0.15, 0.2) is 18.3 Å². The summed E-state index contributed by atoms with van der Waals surface area (Å²) >= 11 is 0. The van der Waals surface area contributed by atoms with Crippen molar-refractivity contribution in [3.8, 4) is 17.2 Å². The van der Waals surface area contributed by atoms with Crippen LogP contribution in [0.5, 0.6) is 17.2 Å². The number of hydrogen-bond acceptors (Lipinski definition) is 14. The topological polar surface area (TPSA) is 170 Å². The summed E-state index contributed by atoms with van der Waals surface area (Å²) in [5.74, 6) is 2.15. The van der Waals surface area contributed by atoms with Crippen LogP contribution in [0, 0.1) is 0 Å². The van der Waals surface area contributed by atoms with Gasteiger partial charge in [-0.3, -0.25) is 4.57 Å². The minimum Gasteiger partial charge on any atom is -0.490 e. The van der Waals surface area contributed by atoms with Crippen LogP contribution < -0.4 is 14.2 Å². The molecule has 0 aliphatic heterocycles. The second-order valence-corrected chi connectivity index (χ2v) is 16.4. The Morgan fingerprint density at radius 2 is 0.919 bits per heavy atom. The van der Waals surface area contributed by atoms with E-state index in [1.54, 1.807) is 4.68 Å². The van der Waals surface area contributed by atoms with E-state index in [1.807, 2.05) is 6.20 Å². The molecule has 0 saturated carbocycles. The van der Waals surface area contributed by atoms with Crippen LogP contribution in [-0.4, -0.2) is 145 Å². The van der Waals surface area contributed by atoms with E-state index < -0.39 is 13.8 Å². The third-order valence-electron chi connectivity index (χ3n) is 9.13. The van der Waals surface area contributed by atoms with Gasteiger partial charge in [0.2, 0.25) is 5.75 Å². The van der Waals surface area contributed by atoms with Crippen LogP contribution >= 0.6 is 7.68 Å². The van der Waals surface area contributed by atoms with Gasteiger partial charge in [-0.1, -0.05) is 83.8 Å². The first-order chi connectivity index (χ1) is 30.4. The van der Waals surface area contributed by atoms with Crippen molar-refractivity contribution in [3.05, 3.63) is 29.6 Å². The minimum absolute atomic E-state index is 0.122. The van der Waals surface area contributed by atoms with E-state index in [9.17, 15) is 8.76 Å². The van der Waals surface area contributed by atoms with Crippen molar-refractivity contribution in [2.75, 3.05) is 125 Å². The number of ether oxygens (including phenoxy) is 11. The lowest BCUT2D eigenvalue weighted by Gasteiger charge is -2.19. The molecule has 0 fully saturated rings. The standard InChI is InChI=1S/C44H79FN3O13P/c1-4-7-10-13-16-59-42-35-40(36-43(60-17-14-11-8-5-2)44(42)61-18-15-12-9-6-3)37-48-38-41(46-47-48)39-58-32-31-56-28-27-54-24-23-52-20-19-51-21-22-53-25-26-55-29-30-57-33-34-62(45,49)50/h35-36,38H,4-34,37,39H2,1-3H3,(H,49,50). The molecule has 62 heavy (non-hydrogen) atoms. The van der Waals surface area contributed by atoms with Crippen molar-refractivity contribution >= 4 is 7.68 Å². The van der Waals surface area contributed by atoms with Gasteiger partial charge in [0.15, 0.2) is 11.5 Å². The van der Waals surface area contributed by atoms with Gasteiger partial charge in [-0.25, -0.2) is 4.68 Å². The Morgan fingerprint density at radius 3 is 1.32 bits per heavy atom. The Balaban J connectivity index is 1.59. The highest BCUT2D eigenvalue weighted by Gasteiger charge is 2.17. The normalized spacial score (nSPS) is 12.5. The van der Waals surface area contributed by atoms with Crippen LogP contribution in [0.2, 0.25) is 0 Å². The molecule has 1 aromatic carbocycles. The molecule has 2 rings (SSSR count). The minimum atomic E-state index is -4.51. The molecule has 360 valence electrons. The van der Waals surface area contributed by atoms with Crippen molar-refractivity contribution in [1.82, 2.24) is 15.0 Å². The molecule has 0 saturated heterocycles. The molecule has 1 unspecified atom stereocenters. The molecular formula is C44H79FN3O13P. The second kappa shape index (κ2) is 39.0. The summed E-state index contributed by atoms with van der Waals surface area (Å²) in [6.45, 7) is 15.0. The largest absolute Gasteiger partial charge is 0.490 e. The fourth-order valence-electron chi connectivity index (χ4n) is 5.77. The Bertz CT molecular complexity index is 1340. The smallest absolute Gasteiger partial charge is 0.367 e. The molecule has 18 heteroatoms. The molecular weight excluding hydrogens is 828 g/mol. The highest BCUT2D eigenvalue weighted by Crippen LogP contribution is 2.41. The van der Waals surface area contributed by atoms with E-state index in [0.29, 0.717) is 125 Å². The molecule has 1 atom stereocenters. The van der Waals surface area contributed by atoms with Crippen molar-refractivity contribution in [2.45, 2.75) is 111 Å². The van der Waals surface area contributed by atoms with Gasteiger partial charge in [-0.2, -0.15) is 4.20 Å². The van der Waals surface area contributed by atoms with E-state index in [2.05, 4.69) is 43.2 Å². The zero-order chi connectivity index (χ0) is 44.6. The number of aromatic nitrogens is 3. The second-order valence-electron chi connectivity index (χ2n) is 14.7. The van der Waals surface area contributed by atoms with Crippen molar-refractivity contribution in [2.24, 2.45) is 0 Å². The van der Waals surface area contributed by atoms with Crippen LogP contribution in [0.1, 0.15) is 109 Å². The molecule has 2 aromatic rings. The zero-order valence-corrected chi connectivity index (χ0v) is 39.0. The first-order valence-corrected chi connectivity index (χ1v) is 24.7. The summed E-state index contributed by atoms with van der Waals surface area (Å²) in [5.41, 5.74) is 1.74. The zero-order valence-electron chi connectivity index (χ0n) is 38.1. The van der Waals surface area contributed by atoms with Gasteiger partial charge >= 0.3 is 7.68 Å². The van der Waals surface area contributed by atoms with Crippen molar-refractivity contribution < 1.29 is 65.8 Å². The molecule has 0 aliphatic carbocycles. The average molecular weight is 908 g/mol. The van der Waals surface area contributed by atoms with Gasteiger partial charge in [0.05, 0.1) is 144 Å². The summed E-state index contributed by atoms with van der Waals surface area (Å²) in [4.78, 5) is 8.53. The molecule has 0 aliphatic rings. The monoisotopic (exact) mass is 908 g/mol. The maximum Gasteiger partial charge on any atom is 0.367 e. The molecule has 0 bridgehead atoms. The Kier molecular flexibility index (Phi) is 35.0. The van der Waals surface area contributed by atoms with Gasteiger partial charge in [-0.15, -0.1) is 5.10 Å². The predicted molar refractivity (Wildman–Crippen MR) is 236 cm³/mol. The molecule has 1 aromatic heterocycles. The third-order valence-corrected chi connectivity index (χ3v) is 9.87. The van der Waals surface area contributed by atoms with Gasteiger partial charge in [0.25, 0.3) is 0 Å². The summed E-state index contributed by atoms with van der Waals surface area (Å²) in [5, 5.41) is 8.68. The average Bonchev–Trinajstić information content (AvgIpc) is 3.70. The van der Waals surface area contributed by atoms with Crippen LogP contribution in [0.4, 0.5) is 4.20 Å². The first kappa shape index (κ1) is 55.7. The lowest BCUT2D eigenvalue weighted by atomic mass is 10.1. The molecule has 0 radical (unpaired) electrons. The lowest BCUT2D eigenvalue weighted by Crippen LogP contribution is -2.15. The quantitative estimate of drug-likeness (QED) is 0.0501. The van der Waals surface area contributed by atoms with E-state index >= 15 is 0 Å². The fraction of sp³-hybridized carbons (Fsp3) is 0.818. The van der Waals surface area contributed by atoms with Gasteiger partial charge in [0, 0.05) is 0 Å². The highest BCUT2D eigenvalue weighted by atomic mass is 31.2. The Morgan fingerprint density at radius 1 is 0.532 bits per heavy atom. The number of halogens is 1. The molecule has 1 heterocycles. The first-order valence-electron chi connectivity index (χ1n) is 22.9. The SMILES string of the molecule is CCCCCCOc1cc(Cn2cc(COCCOCCOCCOCCOCCOCCOCCOCCP(=O)(O)F)nn2)cc(OCCCCCC)c1OCCCCCC. The molecule has 1 N–H and O–H groups in total. The maximum atomic E-state index is 12.5. The van der Waals surface area contributed by atoms with Gasteiger partial charge < -0.3 is 57.0 Å². The molecule has 0 amide bonds. The number of unbranched alkanes of at least 4 members (excludes halogenated alkanes) is 9. The van der Waals surface area contributed by atoms with Crippen molar-refractivity contribution in [3.63, 3.8) is 0 Å². The predicted octanol–water partition coefficient (Wildman–Crippen LogP) is 7.99. The Hall–Kier alpha value is -2.44. The van der Waals surface area contributed by atoms with E-state index in [1.165, 1.54) is 38.5 Å². The summed E-state index contributed by atoms with van der Waals surface area (Å²) in [6, 6.07) is 4.11. The summed E-state index contributed by atoms with van der Waals surface area (Å²) in [7, 11) is -4.51. The Labute approximate surface area is 370 Å². The molecule has 0 spiro atoms. The number of nitrogens with zero attached hydrogens (tertiary/aromatic N) is 3. The summed E-state index contributed by atoms with van der Waals surface area (Å²) < 4.78 is 87.6. The number of benzene rings is 1. The summed E-state index contributed by atoms with van der Waals surface area (Å²) in [6.07, 6.45) is 14.9. The van der Waals surface area contributed by atoms with Crippen LogP contribution in [0.25, 0.3) is 0 Å². The van der Waals surface area contributed by atoms with Gasteiger partial charge in [0.1, 0.15) is 5.69 Å². The number of rotatable bonds is 46. The third kappa shape index (κ3) is 31.4. The molecule has 16 nitrogen and oxygen atoms in total. The lowest BCUT2D eigenvalue weighted by molar-refractivity contribution is -0.0234. The van der Waals surface area contributed by atoms with E-state index in [4.69, 9.17) is 57.0 Å². The van der Waals surface area contributed by atoms with Crippen LogP contribution in [-0.2, 0) is 55.6 Å². The fourth-order valence-corrected chi connectivity index (χ4v) is 6.12. The van der Waals surface area contributed by atoms with E-state index in [0.717, 1.165) is 61.3 Å². The van der Waals surface area contributed by atoms with Crippen molar-refractivity contribution in [1.29, 1.82) is 0 Å². The maximum absolute atomic E-state index is 12.5. The van der Waals surface area contributed by atoms with Crippen LogP contribution in [0.3, 0.4) is 0 Å². The highest BCUT2D eigenvalue weighted by molar-refractivity contribution is 7.52. The number of hydrogen-bond donors (Lipinski definition) is 1.